The lowest BCUT2D eigenvalue weighted by Crippen LogP contribution is -2.44. The van der Waals surface area contributed by atoms with Crippen LogP contribution in [0.4, 0.5) is 0 Å². The zero-order chi connectivity index (χ0) is 11.8. The van der Waals surface area contributed by atoms with Crippen LogP contribution < -0.4 is 11.1 Å². The molecule has 4 N–H and O–H groups in total. The molecule has 0 heterocycles. The lowest BCUT2D eigenvalue weighted by molar-refractivity contribution is -0.142. The molecule has 0 aromatic carbocycles. The highest BCUT2D eigenvalue weighted by atomic mass is 16.4. The van der Waals surface area contributed by atoms with Crippen LogP contribution in [0.3, 0.4) is 0 Å². The number of nitrogens with two attached hydrogens (primary N) is 1. The third kappa shape index (κ3) is 4.47. The van der Waals surface area contributed by atoms with Crippen LogP contribution in [0.1, 0.15) is 19.8 Å². The van der Waals surface area contributed by atoms with Crippen molar-refractivity contribution < 1.29 is 14.7 Å². The minimum absolute atomic E-state index is 0.0257. The molecule has 5 heteroatoms. The maximum Gasteiger partial charge on any atom is 0.327 e. The van der Waals surface area contributed by atoms with Crippen molar-refractivity contribution in [3.05, 3.63) is 0 Å². The van der Waals surface area contributed by atoms with Crippen LogP contribution in [0.25, 0.3) is 0 Å². The summed E-state index contributed by atoms with van der Waals surface area (Å²) in [5, 5.41) is 11.1. The fourth-order valence-corrected chi connectivity index (χ4v) is 1.07. The van der Waals surface area contributed by atoms with Gasteiger partial charge in [0.1, 0.15) is 6.04 Å². The molecule has 0 spiro atoms. The molecule has 0 aromatic heterocycles. The van der Waals surface area contributed by atoms with Gasteiger partial charge < -0.3 is 16.2 Å². The van der Waals surface area contributed by atoms with E-state index in [0.29, 0.717) is 6.42 Å². The number of terminal acetylenes is 1. The van der Waals surface area contributed by atoms with Crippen molar-refractivity contribution >= 4 is 11.9 Å². The van der Waals surface area contributed by atoms with Crippen molar-refractivity contribution in [2.75, 3.05) is 6.54 Å². The first-order valence-electron chi connectivity index (χ1n) is 4.73. The Kier molecular flexibility index (Phi) is 6.14. The number of carbonyl (C=O) groups is 2. The van der Waals surface area contributed by atoms with Crippen LogP contribution in [-0.4, -0.2) is 29.6 Å². The third-order valence-corrected chi connectivity index (χ3v) is 2.08. The molecule has 84 valence electrons. The maximum absolute atomic E-state index is 11.5. The van der Waals surface area contributed by atoms with E-state index in [0.717, 1.165) is 0 Å². The summed E-state index contributed by atoms with van der Waals surface area (Å²) in [5.41, 5.74) is 5.36. The average Bonchev–Trinajstić information content (AvgIpc) is 2.18. The Labute approximate surface area is 89.0 Å². The van der Waals surface area contributed by atoms with Gasteiger partial charge in [0.05, 0.1) is 0 Å². The highest BCUT2D eigenvalue weighted by Crippen LogP contribution is 2.01. The topological polar surface area (TPSA) is 92.4 Å². The summed E-state index contributed by atoms with van der Waals surface area (Å²) in [6.07, 6.45) is 5.54. The van der Waals surface area contributed by atoms with Crippen molar-refractivity contribution in [3.63, 3.8) is 0 Å². The fraction of sp³-hybridized carbons (Fsp3) is 0.600. The van der Waals surface area contributed by atoms with Crippen LogP contribution in [-0.2, 0) is 9.59 Å². The van der Waals surface area contributed by atoms with Gasteiger partial charge in [-0.25, -0.2) is 4.79 Å². The quantitative estimate of drug-likeness (QED) is 0.521. The third-order valence-electron chi connectivity index (χ3n) is 2.08. The number of rotatable bonds is 6. The number of hydrogen-bond donors (Lipinski definition) is 3. The van der Waals surface area contributed by atoms with E-state index in [9.17, 15) is 9.59 Å². The van der Waals surface area contributed by atoms with Crippen LogP contribution >= 0.6 is 0 Å². The van der Waals surface area contributed by atoms with Gasteiger partial charge in [0.25, 0.3) is 0 Å². The van der Waals surface area contributed by atoms with Crippen molar-refractivity contribution in [3.8, 4) is 12.3 Å². The fourth-order valence-electron chi connectivity index (χ4n) is 1.07. The number of aliphatic carboxylic acids is 1. The average molecular weight is 212 g/mol. The van der Waals surface area contributed by atoms with Gasteiger partial charge >= 0.3 is 5.97 Å². The van der Waals surface area contributed by atoms with Gasteiger partial charge in [-0.15, -0.1) is 12.3 Å². The van der Waals surface area contributed by atoms with Crippen LogP contribution in [0.2, 0.25) is 0 Å². The molecule has 0 fully saturated rings. The van der Waals surface area contributed by atoms with E-state index in [1.165, 1.54) is 0 Å². The van der Waals surface area contributed by atoms with E-state index >= 15 is 0 Å². The molecule has 0 aliphatic rings. The zero-order valence-electron chi connectivity index (χ0n) is 8.69. The number of carboxylic acids is 1. The van der Waals surface area contributed by atoms with Crippen LogP contribution in [0.15, 0.2) is 0 Å². The molecule has 0 aliphatic carbocycles. The Balaban J connectivity index is 4.35. The smallest absolute Gasteiger partial charge is 0.327 e. The first-order valence-corrected chi connectivity index (χ1v) is 4.73. The molecule has 1 amide bonds. The van der Waals surface area contributed by atoms with Gasteiger partial charge in [-0.2, -0.15) is 0 Å². The molecule has 0 saturated heterocycles. The molecular weight excluding hydrogens is 196 g/mol. The lowest BCUT2D eigenvalue weighted by atomic mass is 10.1. The van der Waals surface area contributed by atoms with Crippen molar-refractivity contribution in [2.45, 2.75) is 25.8 Å². The lowest BCUT2D eigenvalue weighted by Gasteiger charge is -2.16. The van der Waals surface area contributed by atoms with Gasteiger partial charge in [0.15, 0.2) is 0 Å². The minimum Gasteiger partial charge on any atom is -0.480 e. The van der Waals surface area contributed by atoms with E-state index in [1.54, 1.807) is 0 Å². The predicted octanol–water partition coefficient (Wildman–Crippen LogP) is -0.436. The summed E-state index contributed by atoms with van der Waals surface area (Å²) in [5.74, 6) is 0.356. The number of nitrogens with one attached hydrogen (secondary N) is 1. The highest BCUT2D eigenvalue weighted by Gasteiger charge is 2.22. The van der Waals surface area contributed by atoms with E-state index in [1.807, 2.05) is 6.92 Å². The van der Waals surface area contributed by atoms with E-state index < -0.39 is 12.0 Å². The molecule has 0 radical (unpaired) electrons. The molecule has 0 bridgehead atoms. The first-order chi connectivity index (χ1) is 7.06. The SMILES string of the molecule is C#CCC(NC(=O)C(CC)CN)C(=O)O. The predicted molar refractivity (Wildman–Crippen MR) is 55.9 cm³/mol. The van der Waals surface area contributed by atoms with Gasteiger partial charge in [-0.05, 0) is 6.42 Å². The van der Waals surface area contributed by atoms with Crippen molar-refractivity contribution in [1.29, 1.82) is 0 Å². The van der Waals surface area contributed by atoms with Gasteiger partial charge in [0.2, 0.25) is 5.91 Å². The molecule has 2 unspecified atom stereocenters. The number of carbonyl (C=O) groups excluding carboxylic acids is 1. The number of carboxylic acid groups (broad SMARTS) is 1. The summed E-state index contributed by atoms with van der Waals surface area (Å²) in [4.78, 5) is 22.2. The Morgan fingerprint density at radius 2 is 2.20 bits per heavy atom. The Bertz CT molecular complexity index is 266. The summed E-state index contributed by atoms with van der Waals surface area (Å²) >= 11 is 0. The van der Waals surface area contributed by atoms with Gasteiger partial charge in [-0.3, -0.25) is 4.79 Å². The zero-order valence-corrected chi connectivity index (χ0v) is 8.69. The van der Waals surface area contributed by atoms with E-state index in [-0.39, 0.29) is 24.8 Å². The maximum atomic E-state index is 11.5. The standard InChI is InChI=1S/C10H16N2O3/c1-3-5-8(10(14)15)12-9(13)7(4-2)6-11/h1,7-8H,4-6,11H2,2H3,(H,12,13)(H,14,15). The molecule has 0 aliphatic heterocycles. The summed E-state index contributed by atoms with van der Waals surface area (Å²) < 4.78 is 0. The molecular formula is C10H16N2O3. The van der Waals surface area contributed by atoms with Crippen molar-refractivity contribution in [2.24, 2.45) is 11.7 Å². The summed E-state index contributed by atoms with van der Waals surface area (Å²) in [6.45, 7) is 2.01. The molecule has 0 saturated carbocycles. The van der Waals surface area contributed by atoms with Crippen LogP contribution in [0.5, 0.6) is 0 Å². The van der Waals surface area contributed by atoms with E-state index in [2.05, 4.69) is 11.2 Å². The first kappa shape index (κ1) is 13.5. The van der Waals surface area contributed by atoms with Crippen molar-refractivity contribution in [1.82, 2.24) is 5.32 Å². The Hall–Kier alpha value is -1.54. The second kappa shape index (κ2) is 6.85. The van der Waals surface area contributed by atoms with Gasteiger partial charge in [-0.1, -0.05) is 6.92 Å². The molecule has 0 aromatic rings. The molecule has 2 atom stereocenters. The second-order valence-electron chi connectivity index (χ2n) is 3.15. The minimum atomic E-state index is -1.13. The highest BCUT2D eigenvalue weighted by molar-refractivity contribution is 5.85. The normalized spacial score (nSPS) is 13.7. The number of amides is 1. The summed E-state index contributed by atoms with van der Waals surface area (Å²) in [7, 11) is 0. The molecule has 5 nitrogen and oxygen atoms in total. The Morgan fingerprint density at radius 1 is 1.60 bits per heavy atom. The largest absolute Gasteiger partial charge is 0.480 e. The number of hydrogen-bond acceptors (Lipinski definition) is 3. The molecule has 0 rings (SSSR count). The molecule has 15 heavy (non-hydrogen) atoms. The Morgan fingerprint density at radius 3 is 2.53 bits per heavy atom. The monoisotopic (exact) mass is 212 g/mol. The second-order valence-corrected chi connectivity index (χ2v) is 3.15. The van der Waals surface area contributed by atoms with Crippen LogP contribution in [0, 0.1) is 18.3 Å². The van der Waals surface area contributed by atoms with Gasteiger partial charge in [0, 0.05) is 18.9 Å². The summed E-state index contributed by atoms with van der Waals surface area (Å²) in [6, 6.07) is -1.02. The van der Waals surface area contributed by atoms with E-state index in [4.69, 9.17) is 17.3 Å².